The van der Waals surface area contributed by atoms with Crippen LogP contribution in [0.1, 0.15) is 5.56 Å². The molecule has 0 fully saturated rings. The Morgan fingerprint density at radius 3 is 2.28 bits per heavy atom. The summed E-state index contributed by atoms with van der Waals surface area (Å²) >= 11 is 1.60. The zero-order valence-electron chi connectivity index (χ0n) is 17.1. The van der Waals surface area contributed by atoms with E-state index < -0.39 is 0 Å². The Bertz CT molecular complexity index is 1360. The van der Waals surface area contributed by atoms with Gasteiger partial charge >= 0.3 is 6.03 Å². The molecule has 0 unspecified atom stereocenters. The molecule has 0 aliphatic rings. The van der Waals surface area contributed by atoms with Crippen molar-refractivity contribution in [1.82, 2.24) is 20.2 Å². The maximum Gasteiger partial charge on any atom is 0.323 e. The van der Waals surface area contributed by atoms with E-state index >= 15 is 0 Å². The zero-order chi connectivity index (χ0) is 21.9. The molecule has 3 aromatic heterocycles. The van der Waals surface area contributed by atoms with Crippen LogP contribution >= 0.6 is 11.3 Å². The van der Waals surface area contributed by atoms with Gasteiger partial charge in [-0.3, -0.25) is 5.10 Å². The van der Waals surface area contributed by atoms with Gasteiger partial charge in [-0.25, -0.2) is 14.8 Å². The summed E-state index contributed by atoms with van der Waals surface area (Å²) in [6, 6.07) is 16.7. The van der Waals surface area contributed by atoms with E-state index in [1.807, 2.05) is 72.3 Å². The van der Waals surface area contributed by atoms with Gasteiger partial charge in [0.25, 0.3) is 0 Å². The fourth-order valence-electron chi connectivity index (χ4n) is 3.15. The van der Waals surface area contributed by atoms with E-state index in [1.165, 1.54) is 0 Å². The molecule has 5 rings (SSSR count). The van der Waals surface area contributed by atoms with Crippen LogP contribution in [0.3, 0.4) is 0 Å². The van der Waals surface area contributed by atoms with Gasteiger partial charge in [-0.1, -0.05) is 17.7 Å². The van der Waals surface area contributed by atoms with E-state index in [1.54, 1.807) is 17.5 Å². The van der Waals surface area contributed by atoms with Crippen molar-refractivity contribution in [2.24, 2.45) is 0 Å². The van der Waals surface area contributed by atoms with E-state index in [-0.39, 0.29) is 6.03 Å². The summed E-state index contributed by atoms with van der Waals surface area (Å²) in [5.41, 5.74) is 5.78. The van der Waals surface area contributed by atoms with Crippen molar-refractivity contribution in [3.8, 4) is 11.4 Å². The Labute approximate surface area is 187 Å². The lowest BCUT2D eigenvalue weighted by molar-refractivity contribution is 0.262. The van der Waals surface area contributed by atoms with Crippen LogP contribution in [-0.4, -0.2) is 26.2 Å². The number of urea groups is 1. The molecule has 32 heavy (non-hydrogen) atoms. The van der Waals surface area contributed by atoms with Crippen molar-refractivity contribution >= 4 is 51.3 Å². The highest BCUT2D eigenvalue weighted by atomic mass is 32.1. The van der Waals surface area contributed by atoms with Gasteiger partial charge in [0, 0.05) is 28.0 Å². The predicted octanol–water partition coefficient (Wildman–Crippen LogP) is 5.78. The number of nitrogens with one attached hydrogen (secondary N) is 4. The third-order valence-corrected chi connectivity index (χ3v) is 5.48. The van der Waals surface area contributed by atoms with Crippen LogP contribution < -0.4 is 16.0 Å². The number of fused-ring (bicyclic) bond motifs is 1. The summed E-state index contributed by atoms with van der Waals surface area (Å²) in [5, 5.41) is 20.0. The molecule has 2 aromatic carbocycles. The van der Waals surface area contributed by atoms with E-state index in [2.05, 4.69) is 36.1 Å². The Kier molecular flexibility index (Phi) is 5.22. The SMILES string of the molecule is Cc1ccc(NC(=O)Nc2ccc(Nc3nc(-c4ccsc4)nc4cn[nH]c34)cc2)cc1. The fourth-order valence-corrected chi connectivity index (χ4v) is 3.79. The molecule has 0 saturated heterocycles. The van der Waals surface area contributed by atoms with Crippen LogP contribution in [-0.2, 0) is 0 Å². The Hall–Kier alpha value is -4.24. The largest absolute Gasteiger partial charge is 0.338 e. The number of benzene rings is 2. The van der Waals surface area contributed by atoms with Gasteiger partial charge in [0.2, 0.25) is 0 Å². The lowest BCUT2D eigenvalue weighted by Gasteiger charge is -2.10. The molecule has 0 radical (unpaired) electrons. The Morgan fingerprint density at radius 1 is 0.906 bits per heavy atom. The minimum Gasteiger partial charge on any atom is -0.338 e. The van der Waals surface area contributed by atoms with Gasteiger partial charge in [-0.2, -0.15) is 16.4 Å². The number of thiophene rings is 1. The second-order valence-electron chi connectivity index (χ2n) is 7.19. The van der Waals surface area contributed by atoms with Gasteiger partial charge in [-0.05, 0) is 54.8 Å². The molecule has 0 bridgehead atoms. The average molecular weight is 442 g/mol. The summed E-state index contributed by atoms with van der Waals surface area (Å²) in [4.78, 5) is 21.5. The van der Waals surface area contributed by atoms with Crippen molar-refractivity contribution in [2.45, 2.75) is 6.92 Å². The Balaban J connectivity index is 1.30. The molecule has 0 saturated carbocycles. The van der Waals surface area contributed by atoms with Crippen LogP contribution in [0.5, 0.6) is 0 Å². The number of amides is 2. The van der Waals surface area contributed by atoms with Crippen molar-refractivity contribution < 1.29 is 4.79 Å². The number of aromatic nitrogens is 4. The minimum absolute atomic E-state index is 0.301. The van der Waals surface area contributed by atoms with E-state index in [0.29, 0.717) is 17.3 Å². The first-order valence-electron chi connectivity index (χ1n) is 9.89. The third-order valence-electron chi connectivity index (χ3n) is 4.79. The topological polar surface area (TPSA) is 108 Å². The molecule has 158 valence electrons. The van der Waals surface area contributed by atoms with Gasteiger partial charge in [-0.15, -0.1) is 0 Å². The normalized spacial score (nSPS) is 10.8. The summed E-state index contributed by atoms with van der Waals surface area (Å²) in [6.07, 6.45) is 1.68. The molecule has 9 heteroatoms. The standard InChI is InChI=1S/C23H19N7OS/c1-14-2-4-17(5-3-14)26-23(31)27-18-8-6-16(7-9-18)25-22-20-19(12-24-30-20)28-21(29-22)15-10-11-32-13-15/h2-13H,1H3,(H,24,30)(H,25,28,29)(H2,26,27,31). The molecule has 0 atom stereocenters. The van der Waals surface area contributed by atoms with Gasteiger partial charge in [0.15, 0.2) is 11.6 Å². The molecule has 3 heterocycles. The van der Waals surface area contributed by atoms with Crippen molar-refractivity contribution in [3.05, 3.63) is 77.1 Å². The number of hydrogen-bond donors (Lipinski definition) is 4. The lowest BCUT2D eigenvalue weighted by Crippen LogP contribution is -2.19. The number of carbonyl (C=O) groups excluding carboxylic acids is 1. The van der Waals surface area contributed by atoms with Crippen LogP contribution in [0.4, 0.5) is 27.7 Å². The molecule has 5 aromatic rings. The third kappa shape index (κ3) is 4.28. The van der Waals surface area contributed by atoms with Crippen molar-refractivity contribution in [2.75, 3.05) is 16.0 Å². The maximum absolute atomic E-state index is 12.2. The summed E-state index contributed by atoms with van der Waals surface area (Å²) in [5.74, 6) is 1.26. The molecule has 0 aliphatic heterocycles. The van der Waals surface area contributed by atoms with Crippen LogP contribution in [0, 0.1) is 6.92 Å². The molecule has 2 amide bonds. The van der Waals surface area contributed by atoms with Crippen molar-refractivity contribution in [1.29, 1.82) is 0 Å². The minimum atomic E-state index is -0.301. The van der Waals surface area contributed by atoms with Gasteiger partial charge in [0.1, 0.15) is 11.0 Å². The summed E-state index contributed by atoms with van der Waals surface area (Å²) in [6.45, 7) is 2.00. The summed E-state index contributed by atoms with van der Waals surface area (Å²) in [7, 11) is 0. The van der Waals surface area contributed by atoms with Crippen LogP contribution in [0.25, 0.3) is 22.4 Å². The average Bonchev–Trinajstić information content (AvgIpc) is 3.49. The zero-order valence-corrected chi connectivity index (χ0v) is 17.9. The van der Waals surface area contributed by atoms with E-state index in [4.69, 9.17) is 0 Å². The number of aryl methyl sites for hydroxylation is 1. The van der Waals surface area contributed by atoms with Crippen molar-refractivity contribution in [3.63, 3.8) is 0 Å². The van der Waals surface area contributed by atoms with Crippen LogP contribution in [0.15, 0.2) is 71.6 Å². The number of rotatable bonds is 5. The van der Waals surface area contributed by atoms with Gasteiger partial charge in [0.05, 0.1) is 6.20 Å². The molecule has 8 nitrogen and oxygen atoms in total. The fraction of sp³-hybridized carbons (Fsp3) is 0.0435. The first-order valence-corrected chi connectivity index (χ1v) is 10.8. The number of carbonyl (C=O) groups is 1. The van der Waals surface area contributed by atoms with E-state index in [9.17, 15) is 4.79 Å². The predicted molar refractivity (Wildman–Crippen MR) is 129 cm³/mol. The number of anilines is 4. The molecule has 4 N–H and O–H groups in total. The number of nitrogens with zero attached hydrogens (tertiary/aromatic N) is 3. The molecule has 0 aliphatic carbocycles. The highest BCUT2D eigenvalue weighted by molar-refractivity contribution is 7.08. The molecular formula is C23H19N7OS. The number of aromatic amines is 1. The smallest absolute Gasteiger partial charge is 0.323 e. The highest BCUT2D eigenvalue weighted by Gasteiger charge is 2.12. The molecular weight excluding hydrogens is 422 g/mol. The van der Waals surface area contributed by atoms with Crippen LogP contribution in [0.2, 0.25) is 0 Å². The maximum atomic E-state index is 12.2. The first kappa shape index (κ1) is 19.7. The summed E-state index contributed by atoms with van der Waals surface area (Å²) < 4.78 is 0. The second kappa shape index (κ2) is 8.48. The molecule has 0 spiro atoms. The van der Waals surface area contributed by atoms with E-state index in [0.717, 1.165) is 33.5 Å². The first-order chi connectivity index (χ1) is 15.6. The number of hydrogen-bond acceptors (Lipinski definition) is 6. The number of H-pyrrole nitrogens is 1. The highest BCUT2D eigenvalue weighted by Crippen LogP contribution is 2.27. The lowest BCUT2D eigenvalue weighted by atomic mass is 10.2. The second-order valence-corrected chi connectivity index (χ2v) is 7.97. The Morgan fingerprint density at radius 2 is 1.59 bits per heavy atom. The van der Waals surface area contributed by atoms with Gasteiger partial charge < -0.3 is 16.0 Å². The monoisotopic (exact) mass is 441 g/mol. The quantitative estimate of drug-likeness (QED) is 0.277.